The number of hydrogen-bond acceptors (Lipinski definition) is 5. The van der Waals surface area contributed by atoms with Crippen LogP contribution in [-0.2, 0) is 0 Å². The van der Waals surface area contributed by atoms with E-state index in [1.165, 1.54) is 11.3 Å². The SMILES string of the molecule is CCNc1nc2c(C(C)C)n[nH]c(=O)c2s1. The Morgan fingerprint density at radius 3 is 2.88 bits per heavy atom. The Morgan fingerprint density at radius 1 is 1.50 bits per heavy atom. The molecule has 2 N–H and O–H groups in total. The summed E-state index contributed by atoms with van der Waals surface area (Å²) in [6.45, 7) is 6.86. The minimum absolute atomic E-state index is 0.166. The van der Waals surface area contributed by atoms with Gasteiger partial charge in [-0.2, -0.15) is 5.10 Å². The molecule has 0 amide bonds. The number of nitrogens with zero attached hydrogens (tertiary/aromatic N) is 2. The standard InChI is InChI=1S/C10H14N4OS/c1-4-11-10-12-7-6(5(2)3)13-14-9(15)8(7)16-10/h5H,4H2,1-3H3,(H,11,12)(H,14,15). The first-order valence-corrected chi connectivity index (χ1v) is 6.08. The quantitative estimate of drug-likeness (QED) is 0.857. The van der Waals surface area contributed by atoms with Gasteiger partial charge in [-0.1, -0.05) is 25.2 Å². The van der Waals surface area contributed by atoms with E-state index in [4.69, 9.17) is 0 Å². The van der Waals surface area contributed by atoms with E-state index in [0.29, 0.717) is 4.70 Å². The van der Waals surface area contributed by atoms with Gasteiger partial charge in [0.1, 0.15) is 10.2 Å². The molecule has 0 bridgehead atoms. The molecule has 5 nitrogen and oxygen atoms in total. The molecule has 2 heterocycles. The van der Waals surface area contributed by atoms with Crippen LogP contribution in [-0.4, -0.2) is 21.7 Å². The van der Waals surface area contributed by atoms with Crippen LogP contribution in [0.25, 0.3) is 10.2 Å². The Bertz CT molecular complexity index is 557. The van der Waals surface area contributed by atoms with Crippen molar-refractivity contribution in [3.63, 3.8) is 0 Å². The third kappa shape index (κ3) is 1.80. The average Bonchev–Trinajstić information content (AvgIpc) is 2.62. The van der Waals surface area contributed by atoms with Gasteiger partial charge in [-0.15, -0.1) is 0 Å². The highest BCUT2D eigenvalue weighted by Gasteiger charge is 2.14. The van der Waals surface area contributed by atoms with Gasteiger partial charge >= 0.3 is 0 Å². The summed E-state index contributed by atoms with van der Waals surface area (Å²) < 4.78 is 0.648. The van der Waals surface area contributed by atoms with Gasteiger partial charge in [-0.3, -0.25) is 4.79 Å². The third-order valence-corrected chi connectivity index (χ3v) is 3.24. The first-order valence-electron chi connectivity index (χ1n) is 5.26. The number of nitrogens with one attached hydrogen (secondary N) is 2. The second-order valence-corrected chi connectivity index (χ2v) is 4.82. The van der Waals surface area contributed by atoms with Gasteiger partial charge in [-0.05, 0) is 12.8 Å². The molecule has 0 saturated carbocycles. The van der Waals surface area contributed by atoms with E-state index in [1.54, 1.807) is 0 Å². The molecule has 0 saturated heterocycles. The summed E-state index contributed by atoms with van der Waals surface area (Å²) in [4.78, 5) is 16.0. The fraction of sp³-hybridized carbons (Fsp3) is 0.500. The molecule has 2 rings (SSSR count). The Hall–Kier alpha value is -1.43. The molecule has 0 fully saturated rings. The van der Waals surface area contributed by atoms with E-state index in [9.17, 15) is 4.79 Å². The van der Waals surface area contributed by atoms with E-state index in [-0.39, 0.29) is 11.5 Å². The smallest absolute Gasteiger partial charge is 0.283 e. The summed E-state index contributed by atoms with van der Waals surface area (Å²) in [5, 5.41) is 10.5. The summed E-state index contributed by atoms with van der Waals surface area (Å²) in [6.07, 6.45) is 0. The molecule has 0 radical (unpaired) electrons. The van der Waals surface area contributed by atoms with Crippen LogP contribution in [0.15, 0.2) is 4.79 Å². The number of hydrogen-bond donors (Lipinski definition) is 2. The number of fused-ring (bicyclic) bond motifs is 1. The van der Waals surface area contributed by atoms with Crippen LogP contribution in [0.5, 0.6) is 0 Å². The maximum atomic E-state index is 11.6. The van der Waals surface area contributed by atoms with E-state index in [0.717, 1.165) is 22.9 Å². The van der Waals surface area contributed by atoms with Crippen LogP contribution in [0.2, 0.25) is 0 Å². The summed E-state index contributed by atoms with van der Waals surface area (Å²) in [7, 11) is 0. The van der Waals surface area contributed by atoms with Gasteiger partial charge in [0.25, 0.3) is 5.56 Å². The van der Waals surface area contributed by atoms with Crippen LogP contribution >= 0.6 is 11.3 Å². The second kappa shape index (κ2) is 4.21. The lowest BCUT2D eigenvalue weighted by Gasteiger charge is -2.02. The molecular weight excluding hydrogens is 224 g/mol. The lowest BCUT2D eigenvalue weighted by molar-refractivity contribution is 0.790. The lowest BCUT2D eigenvalue weighted by Crippen LogP contribution is -2.10. The largest absolute Gasteiger partial charge is 0.362 e. The van der Waals surface area contributed by atoms with Crippen LogP contribution in [0.1, 0.15) is 32.4 Å². The molecule has 0 aromatic carbocycles. The molecule has 0 unspecified atom stereocenters. The van der Waals surface area contributed by atoms with Crippen molar-refractivity contribution in [2.24, 2.45) is 0 Å². The molecule has 0 atom stereocenters. The first kappa shape index (κ1) is 11.1. The summed E-state index contributed by atoms with van der Waals surface area (Å²) in [5.74, 6) is 0.246. The lowest BCUT2D eigenvalue weighted by atomic mass is 10.1. The monoisotopic (exact) mass is 238 g/mol. The van der Waals surface area contributed by atoms with Gasteiger partial charge in [0.15, 0.2) is 5.13 Å². The normalized spacial score (nSPS) is 11.2. The number of rotatable bonds is 3. The van der Waals surface area contributed by atoms with Crippen molar-refractivity contribution in [2.45, 2.75) is 26.7 Å². The fourth-order valence-corrected chi connectivity index (χ4v) is 2.42. The summed E-state index contributed by atoms with van der Waals surface area (Å²) in [6, 6.07) is 0. The van der Waals surface area contributed by atoms with Gasteiger partial charge in [-0.25, -0.2) is 10.1 Å². The zero-order valence-electron chi connectivity index (χ0n) is 9.50. The van der Waals surface area contributed by atoms with Gasteiger partial charge in [0.05, 0.1) is 5.69 Å². The summed E-state index contributed by atoms with van der Waals surface area (Å²) in [5.41, 5.74) is 1.40. The maximum absolute atomic E-state index is 11.6. The molecule has 16 heavy (non-hydrogen) atoms. The van der Waals surface area contributed by atoms with Crippen molar-refractivity contribution in [3.8, 4) is 0 Å². The number of aromatic amines is 1. The fourth-order valence-electron chi connectivity index (χ4n) is 1.49. The number of H-pyrrole nitrogens is 1. The average molecular weight is 238 g/mol. The third-order valence-electron chi connectivity index (χ3n) is 2.23. The first-order chi connectivity index (χ1) is 7.63. The summed E-state index contributed by atoms with van der Waals surface area (Å²) >= 11 is 1.37. The zero-order chi connectivity index (χ0) is 11.7. The van der Waals surface area contributed by atoms with E-state index < -0.39 is 0 Å². The van der Waals surface area contributed by atoms with E-state index >= 15 is 0 Å². The van der Waals surface area contributed by atoms with Crippen molar-refractivity contribution in [1.29, 1.82) is 0 Å². The molecule has 0 aliphatic heterocycles. The second-order valence-electron chi connectivity index (χ2n) is 3.82. The predicted octanol–water partition coefficient (Wildman–Crippen LogP) is 1.93. The minimum Gasteiger partial charge on any atom is -0.362 e. The van der Waals surface area contributed by atoms with Crippen molar-refractivity contribution < 1.29 is 0 Å². The minimum atomic E-state index is -0.166. The Labute approximate surface area is 96.9 Å². The molecule has 0 spiro atoms. The van der Waals surface area contributed by atoms with Crippen molar-refractivity contribution in [1.82, 2.24) is 15.2 Å². The van der Waals surface area contributed by atoms with Crippen molar-refractivity contribution >= 4 is 26.7 Å². The topological polar surface area (TPSA) is 70.7 Å². The van der Waals surface area contributed by atoms with E-state index in [2.05, 4.69) is 20.5 Å². The molecule has 0 aliphatic rings. The molecular formula is C10H14N4OS. The van der Waals surface area contributed by atoms with Gasteiger partial charge in [0.2, 0.25) is 0 Å². The van der Waals surface area contributed by atoms with Gasteiger partial charge < -0.3 is 5.32 Å². The highest BCUT2D eigenvalue weighted by molar-refractivity contribution is 7.22. The Kier molecular flexibility index (Phi) is 2.91. The Balaban J connectivity index is 2.68. The van der Waals surface area contributed by atoms with Crippen LogP contribution in [0.4, 0.5) is 5.13 Å². The number of anilines is 1. The zero-order valence-corrected chi connectivity index (χ0v) is 10.3. The maximum Gasteiger partial charge on any atom is 0.283 e. The highest BCUT2D eigenvalue weighted by Crippen LogP contribution is 2.27. The van der Waals surface area contributed by atoms with Crippen LogP contribution in [0.3, 0.4) is 0 Å². The van der Waals surface area contributed by atoms with Gasteiger partial charge in [0, 0.05) is 6.54 Å². The van der Waals surface area contributed by atoms with Crippen molar-refractivity contribution in [3.05, 3.63) is 16.0 Å². The molecule has 2 aromatic rings. The van der Waals surface area contributed by atoms with Crippen LogP contribution in [0, 0.1) is 0 Å². The highest BCUT2D eigenvalue weighted by atomic mass is 32.1. The molecule has 6 heteroatoms. The van der Waals surface area contributed by atoms with E-state index in [1.807, 2.05) is 20.8 Å². The predicted molar refractivity (Wildman–Crippen MR) is 66.3 cm³/mol. The molecule has 2 aromatic heterocycles. The van der Waals surface area contributed by atoms with Crippen molar-refractivity contribution in [2.75, 3.05) is 11.9 Å². The number of aromatic nitrogens is 3. The Morgan fingerprint density at radius 2 is 2.25 bits per heavy atom. The molecule has 86 valence electrons. The van der Waals surface area contributed by atoms with Crippen LogP contribution < -0.4 is 10.9 Å². The number of thiazole rings is 1. The molecule has 0 aliphatic carbocycles.